The molecule has 0 aliphatic heterocycles. The van der Waals surface area contributed by atoms with Gasteiger partial charge in [0.25, 0.3) is 6.43 Å². The molecule has 1 rings (SSSR count). The van der Waals surface area contributed by atoms with Gasteiger partial charge < -0.3 is 4.74 Å². The average molecular weight is 283 g/mol. The third-order valence-electron chi connectivity index (χ3n) is 2.40. The number of aromatic nitrogens is 1. The van der Waals surface area contributed by atoms with E-state index in [-0.39, 0.29) is 0 Å². The van der Waals surface area contributed by atoms with E-state index in [4.69, 9.17) is 0 Å². The molecule has 0 unspecified atom stereocenters. The Morgan fingerprint density at radius 2 is 2.00 bits per heavy atom. The lowest BCUT2D eigenvalue weighted by molar-refractivity contribution is -0.143. The maximum absolute atomic E-state index is 12.7. The minimum Gasteiger partial charge on any atom is -0.469 e. The van der Waals surface area contributed by atoms with E-state index in [9.17, 15) is 26.7 Å². The van der Waals surface area contributed by atoms with Crippen molar-refractivity contribution in [2.24, 2.45) is 0 Å². The molecule has 1 aromatic heterocycles. The topological polar surface area (TPSA) is 39.2 Å². The number of ether oxygens (including phenoxy) is 1. The minimum absolute atomic E-state index is 0.420. The van der Waals surface area contributed by atoms with Crippen LogP contribution in [0.25, 0.3) is 0 Å². The van der Waals surface area contributed by atoms with Gasteiger partial charge in [-0.1, -0.05) is 0 Å². The molecule has 1 heterocycles. The Balaban J connectivity index is 3.37. The Kier molecular flexibility index (Phi) is 4.43. The van der Waals surface area contributed by atoms with Gasteiger partial charge in [0, 0.05) is 11.3 Å². The number of carbonyl (C=O) groups is 1. The third kappa shape index (κ3) is 3.62. The summed E-state index contributed by atoms with van der Waals surface area (Å²) in [5, 5.41) is 0. The maximum Gasteiger partial charge on any atom is 0.433 e. The van der Waals surface area contributed by atoms with E-state index in [1.54, 1.807) is 0 Å². The number of esters is 1. The highest BCUT2D eigenvalue weighted by molar-refractivity contribution is 5.72. The Labute approximate surface area is 105 Å². The third-order valence-corrected chi connectivity index (χ3v) is 2.40. The zero-order valence-corrected chi connectivity index (χ0v) is 10.0. The minimum atomic E-state index is -4.82. The van der Waals surface area contributed by atoms with Crippen LogP contribution in [-0.2, 0) is 22.1 Å². The summed E-state index contributed by atoms with van der Waals surface area (Å²) in [6.45, 7) is 1.05. The second-order valence-electron chi connectivity index (χ2n) is 3.72. The molecule has 0 spiro atoms. The van der Waals surface area contributed by atoms with Crippen LogP contribution in [0.2, 0.25) is 0 Å². The molecule has 106 valence electrons. The monoisotopic (exact) mass is 283 g/mol. The summed E-state index contributed by atoms with van der Waals surface area (Å²) in [7, 11) is 0.991. The number of alkyl halides is 5. The molecule has 0 aliphatic carbocycles. The van der Waals surface area contributed by atoms with Crippen LogP contribution in [0, 0.1) is 6.92 Å². The molecule has 0 aliphatic rings. The number of pyridine rings is 1. The van der Waals surface area contributed by atoms with E-state index in [0.717, 1.165) is 14.0 Å². The van der Waals surface area contributed by atoms with Crippen LogP contribution in [0.5, 0.6) is 0 Å². The summed E-state index contributed by atoms with van der Waals surface area (Å²) in [5.41, 5.74) is -3.03. The molecule has 0 saturated carbocycles. The van der Waals surface area contributed by atoms with Crippen LogP contribution in [0.1, 0.15) is 28.9 Å². The zero-order chi connectivity index (χ0) is 14.8. The zero-order valence-electron chi connectivity index (χ0n) is 10.0. The number of hydrogen-bond acceptors (Lipinski definition) is 3. The van der Waals surface area contributed by atoms with Crippen molar-refractivity contribution in [3.63, 3.8) is 0 Å². The second kappa shape index (κ2) is 5.50. The van der Waals surface area contributed by atoms with E-state index < -0.39 is 47.5 Å². The lowest BCUT2D eigenvalue weighted by Gasteiger charge is -2.14. The number of methoxy groups -OCH3 is 1. The number of rotatable bonds is 3. The first kappa shape index (κ1) is 15.3. The number of carbonyl (C=O) groups excluding carboxylic acids is 1. The van der Waals surface area contributed by atoms with Crippen LogP contribution in [0.3, 0.4) is 0 Å². The Morgan fingerprint density at radius 1 is 1.42 bits per heavy atom. The van der Waals surface area contributed by atoms with E-state index in [2.05, 4.69) is 9.72 Å². The van der Waals surface area contributed by atoms with Gasteiger partial charge in [0.2, 0.25) is 0 Å². The summed E-state index contributed by atoms with van der Waals surface area (Å²) in [5.74, 6) is -0.962. The predicted molar refractivity (Wildman–Crippen MR) is 54.7 cm³/mol. The predicted octanol–water partition coefficient (Wildman–Crippen LogP) is 3.06. The standard InChI is InChI=1S/C11H10F5NO2/c1-5-7(10(12)13)3-6(4-8(18)19-2)9(17-5)11(14,15)16/h3,10H,4H2,1-2H3. The van der Waals surface area contributed by atoms with Crippen molar-refractivity contribution in [3.05, 3.63) is 28.6 Å². The van der Waals surface area contributed by atoms with Gasteiger partial charge in [0.15, 0.2) is 0 Å². The Morgan fingerprint density at radius 3 is 2.42 bits per heavy atom. The van der Waals surface area contributed by atoms with E-state index in [0.29, 0.717) is 6.07 Å². The normalized spacial score (nSPS) is 11.8. The van der Waals surface area contributed by atoms with E-state index in [1.807, 2.05) is 0 Å². The van der Waals surface area contributed by atoms with Gasteiger partial charge in [-0.3, -0.25) is 4.79 Å². The van der Waals surface area contributed by atoms with Gasteiger partial charge in [-0.25, -0.2) is 13.8 Å². The fourth-order valence-corrected chi connectivity index (χ4v) is 1.49. The van der Waals surface area contributed by atoms with Crippen LogP contribution >= 0.6 is 0 Å². The van der Waals surface area contributed by atoms with Crippen molar-refractivity contribution in [2.45, 2.75) is 25.9 Å². The summed E-state index contributed by atoms with van der Waals surface area (Å²) >= 11 is 0. The van der Waals surface area contributed by atoms with Crippen molar-refractivity contribution in [1.82, 2.24) is 4.98 Å². The number of hydrogen-bond donors (Lipinski definition) is 0. The van der Waals surface area contributed by atoms with Gasteiger partial charge in [-0.2, -0.15) is 13.2 Å². The molecule has 19 heavy (non-hydrogen) atoms. The quantitative estimate of drug-likeness (QED) is 0.632. The molecule has 8 heteroatoms. The highest BCUT2D eigenvalue weighted by Gasteiger charge is 2.37. The molecule has 0 bridgehead atoms. The Bertz CT molecular complexity index is 485. The first-order valence-electron chi connectivity index (χ1n) is 5.09. The number of nitrogens with zero attached hydrogens (tertiary/aromatic N) is 1. The SMILES string of the molecule is COC(=O)Cc1cc(C(F)F)c(C)nc1C(F)(F)F. The smallest absolute Gasteiger partial charge is 0.433 e. The first-order valence-corrected chi connectivity index (χ1v) is 5.09. The fourth-order valence-electron chi connectivity index (χ4n) is 1.49. The van der Waals surface area contributed by atoms with Crippen LogP contribution in [0.15, 0.2) is 6.07 Å². The lowest BCUT2D eigenvalue weighted by Crippen LogP contribution is -2.17. The van der Waals surface area contributed by atoms with Crippen LogP contribution in [-0.4, -0.2) is 18.1 Å². The van der Waals surface area contributed by atoms with Crippen molar-refractivity contribution < 1.29 is 31.5 Å². The molecule has 0 aromatic carbocycles. The second-order valence-corrected chi connectivity index (χ2v) is 3.72. The molecule has 3 nitrogen and oxygen atoms in total. The van der Waals surface area contributed by atoms with Crippen molar-refractivity contribution >= 4 is 5.97 Å². The van der Waals surface area contributed by atoms with Crippen molar-refractivity contribution in [3.8, 4) is 0 Å². The molecular weight excluding hydrogens is 273 g/mol. The Hall–Kier alpha value is -1.73. The molecule has 0 saturated heterocycles. The fraction of sp³-hybridized carbons (Fsp3) is 0.455. The molecule has 1 aromatic rings. The van der Waals surface area contributed by atoms with Crippen LogP contribution in [0.4, 0.5) is 22.0 Å². The molecule has 0 N–H and O–H groups in total. The summed E-state index contributed by atoms with van der Waals surface area (Å²) in [4.78, 5) is 14.2. The van der Waals surface area contributed by atoms with Gasteiger partial charge in [-0.15, -0.1) is 0 Å². The van der Waals surface area contributed by atoms with E-state index in [1.165, 1.54) is 0 Å². The van der Waals surface area contributed by atoms with Gasteiger partial charge in [0.05, 0.1) is 13.5 Å². The lowest BCUT2D eigenvalue weighted by atomic mass is 10.0. The molecule has 0 amide bonds. The molecule has 0 atom stereocenters. The number of aryl methyl sites for hydroxylation is 1. The van der Waals surface area contributed by atoms with Crippen molar-refractivity contribution in [2.75, 3.05) is 7.11 Å². The highest BCUT2D eigenvalue weighted by atomic mass is 19.4. The largest absolute Gasteiger partial charge is 0.469 e. The average Bonchev–Trinajstić information content (AvgIpc) is 2.28. The summed E-state index contributed by atoms with van der Waals surface area (Å²) in [6.07, 6.45) is -8.56. The van der Waals surface area contributed by atoms with Crippen LogP contribution < -0.4 is 0 Å². The summed E-state index contributed by atoms with van der Waals surface area (Å²) in [6, 6.07) is 0.646. The van der Waals surface area contributed by atoms with Crippen molar-refractivity contribution in [1.29, 1.82) is 0 Å². The molecular formula is C11H10F5NO2. The first-order chi connectivity index (χ1) is 8.66. The molecule has 0 radical (unpaired) electrons. The maximum atomic E-state index is 12.7. The van der Waals surface area contributed by atoms with E-state index >= 15 is 0 Å². The van der Waals surface area contributed by atoms with Gasteiger partial charge >= 0.3 is 12.1 Å². The highest BCUT2D eigenvalue weighted by Crippen LogP contribution is 2.33. The van der Waals surface area contributed by atoms with Gasteiger partial charge in [-0.05, 0) is 18.6 Å². The number of halogens is 5. The molecule has 0 fully saturated rings. The van der Waals surface area contributed by atoms with Gasteiger partial charge in [0.1, 0.15) is 5.69 Å². The summed E-state index contributed by atoms with van der Waals surface area (Å²) < 4.78 is 67.6.